The second-order valence-corrected chi connectivity index (χ2v) is 3.69. The van der Waals surface area contributed by atoms with E-state index in [1.54, 1.807) is 12.1 Å². The van der Waals surface area contributed by atoms with Crippen molar-refractivity contribution in [3.8, 4) is 0 Å². The van der Waals surface area contributed by atoms with E-state index in [0.717, 1.165) is 5.69 Å². The Kier molecular flexibility index (Phi) is 4.39. The lowest BCUT2D eigenvalue weighted by Gasteiger charge is -2.16. The highest BCUT2D eigenvalue weighted by molar-refractivity contribution is 6.30. The third-order valence-corrected chi connectivity index (χ3v) is 2.20. The van der Waals surface area contributed by atoms with Crippen LogP contribution in [0.4, 0.5) is 5.69 Å². The van der Waals surface area contributed by atoms with Gasteiger partial charge in [0.05, 0.1) is 0 Å². The first-order valence-electron chi connectivity index (χ1n) is 4.62. The number of rotatable bonds is 5. The number of nitrogens with two attached hydrogens (primary N) is 2. The van der Waals surface area contributed by atoms with Crippen molar-refractivity contribution in [2.24, 2.45) is 11.5 Å². The Bertz CT molecular complexity index is 326. The van der Waals surface area contributed by atoms with Gasteiger partial charge in [-0.25, -0.2) is 0 Å². The molecule has 0 radical (unpaired) electrons. The van der Waals surface area contributed by atoms with Gasteiger partial charge in [-0.2, -0.15) is 0 Å². The molecule has 15 heavy (non-hydrogen) atoms. The van der Waals surface area contributed by atoms with Gasteiger partial charge in [0.1, 0.15) is 0 Å². The van der Waals surface area contributed by atoms with Gasteiger partial charge in [-0.3, -0.25) is 4.79 Å². The van der Waals surface area contributed by atoms with Crippen LogP contribution in [-0.4, -0.2) is 18.5 Å². The van der Waals surface area contributed by atoms with Gasteiger partial charge in [0, 0.05) is 29.7 Å². The van der Waals surface area contributed by atoms with E-state index in [9.17, 15) is 4.79 Å². The maximum atomic E-state index is 10.7. The normalized spacial score (nSPS) is 12.1. The Morgan fingerprint density at radius 3 is 2.47 bits per heavy atom. The van der Waals surface area contributed by atoms with E-state index < -0.39 is 0 Å². The van der Waals surface area contributed by atoms with E-state index >= 15 is 0 Å². The summed E-state index contributed by atoms with van der Waals surface area (Å²) in [5.74, 6) is -0.369. The largest absolute Gasteiger partial charge is 0.381 e. The summed E-state index contributed by atoms with van der Waals surface area (Å²) < 4.78 is 0. The van der Waals surface area contributed by atoms with Crippen LogP contribution in [0.1, 0.15) is 6.42 Å². The molecule has 0 heterocycles. The first-order chi connectivity index (χ1) is 7.11. The highest BCUT2D eigenvalue weighted by Gasteiger charge is 2.09. The Labute approximate surface area is 93.6 Å². The number of hydrogen-bond acceptors (Lipinski definition) is 3. The molecule has 1 unspecified atom stereocenters. The fourth-order valence-electron chi connectivity index (χ4n) is 1.22. The van der Waals surface area contributed by atoms with Gasteiger partial charge < -0.3 is 16.8 Å². The van der Waals surface area contributed by atoms with Crippen molar-refractivity contribution >= 4 is 23.2 Å². The van der Waals surface area contributed by atoms with Crippen LogP contribution in [0.25, 0.3) is 0 Å². The molecule has 0 saturated carbocycles. The molecule has 0 aliphatic carbocycles. The Morgan fingerprint density at radius 1 is 1.40 bits per heavy atom. The minimum absolute atomic E-state index is 0.135. The molecule has 5 N–H and O–H groups in total. The highest BCUT2D eigenvalue weighted by atomic mass is 35.5. The molecule has 0 saturated heterocycles. The van der Waals surface area contributed by atoms with E-state index in [0.29, 0.717) is 11.6 Å². The van der Waals surface area contributed by atoms with Gasteiger partial charge in [-0.15, -0.1) is 0 Å². The van der Waals surface area contributed by atoms with Crippen LogP contribution in [0.15, 0.2) is 24.3 Å². The van der Waals surface area contributed by atoms with Crippen LogP contribution in [0.2, 0.25) is 5.02 Å². The Morgan fingerprint density at radius 2 is 2.00 bits per heavy atom. The summed E-state index contributed by atoms with van der Waals surface area (Å²) in [7, 11) is 0. The maximum absolute atomic E-state index is 10.7. The van der Waals surface area contributed by atoms with Gasteiger partial charge in [0.25, 0.3) is 0 Å². The molecule has 0 aliphatic rings. The monoisotopic (exact) mass is 227 g/mol. The molecule has 1 atom stereocenters. The van der Waals surface area contributed by atoms with Gasteiger partial charge in [-0.05, 0) is 24.3 Å². The molecule has 82 valence electrons. The van der Waals surface area contributed by atoms with E-state index in [4.69, 9.17) is 23.1 Å². The highest BCUT2D eigenvalue weighted by Crippen LogP contribution is 2.14. The number of halogens is 1. The zero-order valence-corrected chi connectivity index (χ0v) is 9.00. The number of anilines is 1. The van der Waals surface area contributed by atoms with Gasteiger partial charge in [0.15, 0.2) is 0 Å². The minimum Gasteiger partial charge on any atom is -0.381 e. The molecule has 1 rings (SSSR count). The standard InChI is InChI=1S/C10H14ClN3O/c11-7-1-3-8(4-2-7)14-9(6-12)5-10(13)15/h1-4,9,14H,5-6,12H2,(H2,13,15). The molecule has 1 amide bonds. The fraction of sp³-hybridized carbons (Fsp3) is 0.300. The fourth-order valence-corrected chi connectivity index (χ4v) is 1.34. The third kappa shape index (κ3) is 4.18. The molecule has 4 nitrogen and oxygen atoms in total. The van der Waals surface area contributed by atoms with Gasteiger partial charge >= 0.3 is 0 Å². The Hall–Kier alpha value is -1.26. The molecular weight excluding hydrogens is 214 g/mol. The molecule has 0 aromatic heterocycles. The maximum Gasteiger partial charge on any atom is 0.219 e. The molecule has 0 spiro atoms. The molecule has 1 aromatic carbocycles. The van der Waals surface area contributed by atoms with Crippen LogP contribution < -0.4 is 16.8 Å². The summed E-state index contributed by atoms with van der Waals surface area (Å²) in [6.45, 7) is 0.353. The van der Waals surface area contributed by atoms with Crippen molar-refractivity contribution in [1.82, 2.24) is 0 Å². The van der Waals surface area contributed by atoms with Gasteiger partial charge in [-0.1, -0.05) is 11.6 Å². The number of benzene rings is 1. The second kappa shape index (κ2) is 5.58. The zero-order valence-electron chi connectivity index (χ0n) is 8.24. The first-order valence-corrected chi connectivity index (χ1v) is 5.00. The molecule has 5 heteroatoms. The number of nitrogens with one attached hydrogen (secondary N) is 1. The summed E-state index contributed by atoms with van der Waals surface area (Å²) >= 11 is 5.74. The van der Waals surface area contributed by atoms with Crippen LogP contribution in [0.5, 0.6) is 0 Å². The number of carbonyl (C=O) groups excluding carboxylic acids is 1. The number of amides is 1. The average Bonchev–Trinajstić information content (AvgIpc) is 2.19. The van der Waals surface area contributed by atoms with Crippen molar-refractivity contribution in [3.05, 3.63) is 29.3 Å². The van der Waals surface area contributed by atoms with Gasteiger partial charge in [0.2, 0.25) is 5.91 Å². The molecule has 0 bridgehead atoms. The lowest BCUT2D eigenvalue weighted by molar-refractivity contribution is -0.118. The molecular formula is C10H14ClN3O. The molecule has 0 aliphatic heterocycles. The SMILES string of the molecule is NCC(CC(N)=O)Nc1ccc(Cl)cc1. The lowest BCUT2D eigenvalue weighted by atomic mass is 10.2. The number of carbonyl (C=O) groups is 1. The smallest absolute Gasteiger partial charge is 0.219 e. The summed E-state index contributed by atoms with van der Waals surface area (Å²) in [5.41, 5.74) is 11.5. The molecule has 1 aromatic rings. The van der Waals surface area contributed by atoms with E-state index in [2.05, 4.69) is 5.32 Å². The van der Waals surface area contributed by atoms with Crippen molar-refractivity contribution in [3.63, 3.8) is 0 Å². The minimum atomic E-state index is -0.369. The lowest BCUT2D eigenvalue weighted by Crippen LogP contribution is -2.33. The zero-order chi connectivity index (χ0) is 11.3. The predicted octanol–water partition coefficient (Wildman–Crippen LogP) is 0.955. The quantitative estimate of drug-likeness (QED) is 0.701. The van der Waals surface area contributed by atoms with E-state index in [1.165, 1.54) is 0 Å². The van der Waals surface area contributed by atoms with Crippen molar-refractivity contribution in [2.75, 3.05) is 11.9 Å². The molecule has 0 fully saturated rings. The summed E-state index contributed by atoms with van der Waals surface area (Å²) in [5, 5.41) is 3.77. The summed E-state index contributed by atoms with van der Waals surface area (Å²) in [4.78, 5) is 10.7. The van der Waals surface area contributed by atoms with Crippen molar-refractivity contribution in [2.45, 2.75) is 12.5 Å². The summed E-state index contributed by atoms with van der Waals surface area (Å²) in [6.07, 6.45) is 0.221. The Balaban J connectivity index is 2.58. The van der Waals surface area contributed by atoms with Crippen LogP contribution in [-0.2, 0) is 4.79 Å². The number of hydrogen-bond donors (Lipinski definition) is 3. The van der Waals surface area contributed by atoms with Crippen molar-refractivity contribution < 1.29 is 4.79 Å². The van der Waals surface area contributed by atoms with Crippen LogP contribution in [0.3, 0.4) is 0 Å². The first kappa shape index (κ1) is 11.8. The third-order valence-electron chi connectivity index (χ3n) is 1.95. The van der Waals surface area contributed by atoms with Crippen molar-refractivity contribution in [1.29, 1.82) is 0 Å². The van der Waals surface area contributed by atoms with E-state index in [1.807, 2.05) is 12.1 Å². The van der Waals surface area contributed by atoms with Crippen LogP contribution in [0, 0.1) is 0 Å². The topological polar surface area (TPSA) is 81.1 Å². The van der Waals surface area contributed by atoms with E-state index in [-0.39, 0.29) is 18.4 Å². The number of primary amides is 1. The van der Waals surface area contributed by atoms with Crippen LogP contribution >= 0.6 is 11.6 Å². The predicted molar refractivity (Wildman–Crippen MR) is 61.7 cm³/mol. The summed E-state index contributed by atoms with van der Waals surface area (Å²) in [6, 6.07) is 7.05. The average molecular weight is 228 g/mol. The second-order valence-electron chi connectivity index (χ2n) is 3.25.